The molecule has 6 heteroatoms. The lowest BCUT2D eigenvalue weighted by Crippen LogP contribution is -2.11. The Hall–Kier alpha value is -2.81. The lowest BCUT2D eigenvalue weighted by atomic mass is 10.2. The van der Waals surface area contributed by atoms with Crippen LogP contribution in [-0.4, -0.2) is 23.0 Å². The normalized spacial score (nSPS) is 9.40. The zero-order chi connectivity index (χ0) is 15.4. The highest BCUT2D eigenvalue weighted by atomic mass is 16.5. The van der Waals surface area contributed by atoms with Crippen molar-refractivity contribution in [2.24, 2.45) is 0 Å². The molecule has 0 saturated heterocycles. The quantitative estimate of drug-likeness (QED) is 0.345. The van der Waals surface area contributed by atoms with Crippen molar-refractivity contribution in [2.45, 2.75) is 20.3 Å². The van der Waals surface area contributed by atoms with Crippen molar-refractivity contribution in [3.63, 3.8) is 0 Å². The molecular weight excluding hydrogens is 264 g/mol. The number of hydrogen-bond donors (Lipinski definition) is 1. The van der Waals surface area contributed by atoms with Gasteiger partial charge in [0.25, 0.3) is 0 Å². The zero-order valence-electron chi connectivity index (χ0n) is 11.1. The van der Waals surface area contributed by atoms with Gasteiger partial charge in [-0.25, -0.2) is 9.59 Å². The lowest BCUT2D eigenvalue weighted by Gasteiger charge is -2.01. The van der Waals surface area contributed by atoms with Crippen molar-refractivity contribution >= 4 is 17.9 Å². The van der Waals surface area contributed by atoms with E-state index in [-0.39, 0.29) is 5.57 Å². The summed E-state index contributed by atoms with van der Waals surface area (Å²) in [5.41, 5.74) is 4.63. The third-order valence-corrected chi connectivity index (χ3v) is 1.71. The van der Waals surface area contributed by atoms with Gasteiger partial charge in [-0.2, -0.15) is 0 Å². The SMILES string of the molecule is CC=C=COC(=O)/C=C(/CC(=O)O)C(=O)OC=C=CC. The highest BCUT2D eigenvalue weighted by Crippen LogP contribution is 2.06. The molecule has 0 rings (SSSR count). The summed E-state index contributed by atoms with van der Waals surface area (Å²) in [5, 5.41) is 8.67. The average Bonchev–Trinajstić information content (AvgIpc) is 2.38. The molecule has 0 unspecified atom stereocenters. The van der Waals surface area contributed by atoms with E-state index in [4.69, 9.17) is 5.11 Å². The molecule has 0 aromatic carbocycles. The van der Waals surface area contributed by atoms with Crippen LogP contribution in [0.2, 0.25) is 0 Å². The number of ether oxygens (including phenoxy) is 2. The first-order chi connectivity index (χ1) is 9.51. The molecule has 0 amide bonds. The molecule has 0 bridgehead atoms. The number of carbonyl (C=O) groups excluding carboxylic acids is 2. The second kappa shape index (κ2) is 10.1. The van der Waals surface area contributed by atoms with E-state index >= 15 is 0 Å². The van der Waals surface area contributed by atoms with E-state index in [1.54, 1.807) is 13.8 Å². The molecule has 6 nitrogen and oxygen atoms in total. The molecule has 0 saturated carbocycles. The van der Waals surface area contributed by atoms with Crippen LogP contribution in [0, 0.1) is 0 Å². The van der Waals surface area contributed by atoms with Crippen molar-refractivity contribution < 1.29 is 29.0 Å². The van der Waals surface area contributed by atoms with Gasteiger partial charge in [-0.1, -0.05) is 11.5 Å². The Morgan fingerprint density at radius 3 is 2.10 bits per heavy atom. The highest BCUT2D eigenvalue weighted by molar-refractivity contribution is 5.99. The number of hydrogen-bond acceptors (Lipinski definition) is 5. The summed E-state index contributed by atoms with van der Waals surface area (Å²) in [7, 11) is 0. The second-order valence-corrected chi connectivity index (χ2v) is 3.23. The molecule has 1 N–H and O–H groups in total. The highest BCUT2D eigenvalue weighted by Gasteiger charge is 2.16. The van der Waals surface area contributed by atoms with E-state index in [0.717, 1.165) is 18.6 Å². The van der Waals surface area contributed by atoms with Gasteiger partial charge in [0.2, 0.25) is 0 Å². The van der Waals surface area contributed by atoms with Crippen LogP contribution in [0.5, 0.6) is 0 Å². The average molecular weight is 278 g/mol. The largest absolute Gasteiger partial charge is 0.481 e. The number of carbonyl (C=O) groups is 3. The molecular formula is C14H14O6. The minimum atomic E-state index is -1.28. The Bertz CT molecular complexity index is 526. The summed E-state index contributed by atoms with van der Waals surface area (Å²) < 4.78 is 9.15. The van der Waals surface area contributed by atoms with Gasteiger partial charge in [-0.05, 0) is 26.0 Å². The fraction of sp³-hybridized carbons (Fsp3) is 0.214. The summed E-state index contributed by atoms with van der Waals surface area (Å²) in [6, 6.07) is 0. The summed E-state index contributed by atoms with van der Waals surface area (Å²) in [6.45, 7) is 3.32. The smallest absolute Gasteiger partial charge is 0.340 e. The first-order valence-electron chi connectivity index (χ1n) is 5.56. The molecule has 0 fully saturated rings. The maximum atomic E-state index is 11.5. The number of carboxylic acid groups (broad SMARTS) is 1. The molecule has 0 spiro atoms. The fourth-order valence-corrected chi connectivity index (χ4v) is 0.913. The molecule has 0 aromatic rings. The molecule has 0 aliphatic rings. The molecule has 0 aromatic heterocycles. The van der Waals surface area contributed by atoms with Gasteiger partial charge in [-0.3, -0.25) is 4.79 Å². The van der Waals surface area contributed by atoms with E-state index in [9.17, 15) is 14.4 Å². The summed E-state index contributed by atoms with van der Waals surface area (Å²) in [5.74, 6) is -3.14. The number of esters is 2. The van der Waals surface area contributed by atoms with Crippen molar-refractivity contribution in [3.8, 4) is 0 Å². The third-order valence-electron chi connectivity index (χ3n) is 1.71. The van der Waals surface area contributed by atoms with Crippen molar-refractivity contribution in [1.29, 1.82) is 0 Å². The van der Waals surface area contributed by atoms with Gasteiger partial charge in [0.05, 0.1) is 12.0 Å². The predicted octanol–water partition coefficient (Wildman–Crippen LogP) is 1.85. The summed E-state index contributed by atoms with van der Waals surface area (Å²) in [6.07, 6.45) is 5.04. The first-order valence-corrected chi connectivity index (χ1v) is 5.56. The molecule has 106 valence electrons. The lowest BCUT2D eigenvalue weighted by molar-refractivity contribution is -0.140. The van der Waals surface area contributed by atoms with Gasteiger partial charge in [0.1, 0.15) is 12.5 Å². The van der Waals surface area contributed by atoms with Gasteiger partial charge in [-0.15, -0.1) is 0 Å². The van der Waals surface area contributed by atoms with Gasteiger partial charge < -0.3 is 14.6 Å². The van der Waals surface area contributed by atoms with Crippen LogP contribution in [0.25, 0.3) is 0 Å². The summed E-state index contributed by atoms with van der Waals surface area (Å²) in [4.78, 5) is 33.5. The van der Waals surface area contributed by atoms with Crippen LogP contribution in [-0.2, 0) is 23.9 Å². The molecule has 0 aliphatic carbocycles. The maximum Gasteiger partial charge on any atom is 0.340 e. The number of rotatable bonds is 6. The number of allylic oxidation sites excluding steroid dienone is 2. The van der Waals surface area contributed by atoms with Crippen molar-refractivity contribution in [3.05, 3.63) is 47.8 Å². The molecule has 0 heterocycles. The van der Waals surface area contributed by atoms with Crippen LogP contribution in [0.1, 0.15) is 20.3 Å². The van der Waals surface area contributed by atoms with E-state index in [0.29, 0.717) is 0 Å². The molecule has 20 heavy (non-hydrogen) atoms. The van der Waals surface area contributed by atoms with E-state index in [2.05, 4.69) is 20.9 Å². The van der Waals surface area contributed by atoms with Crippen molar-refractivity contribution in [1.82, 2.24) is 0 Å². The first kappa shape index (κ1) is 17.2. The predicted molar refractivity (Wildman–Crippen MR) is 69.2 cm³/mol. The molecule has 0 aliphatic heterocycles. The van der Waals surface area contributed by atoms with Crippen LogP contribution in [0.4, 0.5) is 0 Å². The minimum Gasteiger partial charge on any atom is -0.481 e. The summed E-state index contributed by atoms with van der Waals surface area (Å²) >= 11 is 0. The zero-order valence-corrected chi connectivity index (χ0v) is 11.1. The van der Waals surface area contributed by atoms with Crippen molar-refractivity contribution in [2.75, 3.05) is 0 Å². The van der Waals surface area contributed by atoms with E-state index in [1.165, 1.54) is 12.2 Å². The van der Waals surface area contributed by atoms with Gasteiger partial charge in [0, 0.05) is 6.08 Å². The van der Waals surface area contributed by atoms with E-state index in [1.807, 2.05) is 0 Å². The van der Waals surface area contributed by atoms with Crippen LogP contribution in [0.3, 0.4) is 0 Å². The van der Waals surface area contributed by atoms with Gasteiger partial charge in [0.15, 0.2) is 0 Å². The topological polar surface area (TPSA) is 89.9 Å². The third kappa shape index (κ3) is 8.31. The Labute approximate surface area is 116 Å². The Morgan fingerprint density at radius 2 is 1.60 bits per heavy atom. The second-order valence-electron chi connectivity index (χ2n) is 3.23. The van der Waals surface area contributed by atoms with Gasteiger partial charge >= 0.3 is 17.9 Å². The number of aliphatic carboxylic acids is 1. The monoisotopic (exact) mass is 278 g/mol. The van der Waals surface area contributed by atoms with E-state index < -0.39 is 24.3 Å². The molecule has 0 radical (unpaired) electrons. The minimum absolute atomic E-state index is 0.342. The number of carboxylic acids is 1. The van der Waals surface area contributed by atoms with Crippen LogP contribution >= 0.6 is 0 Å². The standard InChI is InChI=1S/C14H14O6/c1-3-5-7-19-13(17)10-11(9-12(15)16)14(18)20-8-6-4-2/h3-4,7-8,10H,9H2,1-2H3,(H,15,16)/b11-10-. The Kier molecular flexibility index (Phi) is 8.72. The van der Waals surface area contributed by atoms with Crippen LogP contribution in [0.15, 0.2) is 47.8 Å². The maximum absolute atomic E-state index is 11.5. The molecule has 0 atom stereocenters. The fourth-order valence-electron chi connectivity index (χ4n) is 0.913. The Morgan fingerprint density at radius 1 is 1.05 bits per heavy atom. The van der Waals surface area contributed by atoms with Crippen LogP contribution < -0.4 is 0 Å². The Balaban J connectivity index is 4.98.